The lowest BCUT2D eigenvalue weighted by molar-refractivity contribution is 0.251. The standard InChI is InChI=1S/C16H16F2N2O/c1-2-11-4-3-5-14(8-11)20-16(21)19-10-12-9-13(17)6-7-15(12)18/h3-9H,2,10H2,1H3,(H2,19,20,21). The van der Waals surface area contributed by atoms with Gasteiger partial charge in [0.05, 0.1) is 0 Å². The quantitative estimate of drug-likeness (QED) is 0.882. The fraction of sp³-hybridized carbons (Fsp3) is 0.188. The van der Waals surface area contributed by atoms with Crippen LogP contribution in [0.1, 0.15) is 18.1 Å². The first-order valence-electron chi connectivity index (χ1n) is 6.66. The molecule has 0 unspecified atom stereocenters. The lowest BCUT2D eigenvalue weighted by Gasteiger charge is -2.09. The van der Waals surface area contributed by atoms with Crippen molar-refractivity contribution in [1.82, 2.24) is 5.32 Å². The maximum Gasteiger partial charge on any atom is 0.319 e. The van der Waals surface area contributed by atoms with E-state index in [-0.39, 0.29) is 12.1 Å². The van der Waals surface area contributed by atoms with Crippen molar-refractivity contribution in [2.75, 3.05) is 5.32 Å². The van der Waals surface area contributed by atoms with Gasteiger partial charge in [0.2, 0.25) is 0 Å². The molecule has 0 aliphatic heterocycles. The van der Waals surface area contributed by atoms with Crippen LogP contribution in [-0.4, -0.2) is 6.03 Å². The Balaban J connectivity index is 1.94. The third-order valence-corrected chi connectivity index (χ3v) is 3.04. The monoisotopic (exact) mass is 290 g/mol. The summed E-state index contributed by atoms with van der Waals surface area (Å²) in [5.41, 5.74) is 1.86. The van der Waals surface area contributed by atoms with Gasteiger partial charge in [-0.05, 0) is 42.3 Å². The van der Waals surface area contributed by atoms with E-state index in [1.807, 2.05) is 25.1 Å². The van der Waals surface area contributed by atoms with Crippen LogP contribution < -0.4 is 10.6 Å². The molecular weight excluding hydrogens is 274 g/mol. The number of carbonyl (C=O) groups excluding carboxylic acids is 1. The second-order valence-corrected chi connectivity index (χ2v) is 4.60. The summed E-state index contributed by atoms with van der Waals surface area (Å²) >= 11 is 0. The molecule has 0 bridgehead atoms. The van der Waals surface area contributed by atoms with E-state index in [4.69, 9.17) is 0 Å². The Morgan fingerprint density at radius 1 is 1.14 bits per heavy atom. The second-order valence-electron chi connectivity index (χ2n) is 4.60. The zero-order valence-electron chi connectivity index (χ0n) is 11.6. The summed E-state index contributed by atoms with van der Waals surface area (Å²) in [4.78, 5) is 11.7. The van der Waals surface area contributed by atoms with Crippen molar-refractivity contribution in [2.45, 2.75) is 19.9 Å². The van der Waals surface area contributed by atoms with Gasteiger partial charge in [-0.15, -0.1) is 0 Å². The molecule has 0 aliphatic carbocycles. The Labute approximate surface area is 122 Å². The van der Waals surface area contributed by atoms with Crippen LogP contribution in [0.15, 0.2) is 42.5 Å². The van der Waals surface area contributed by atoms with Crippen LogP contribution in [-0.2, 0) is 13.0 Å². The van der Waals surface area contributed by atoms with Crippen molar-refractivity contribution in [3.8, 4) is 0 Å². The molecular formula is C16H16F2N2O. The number of carbonyl (C=O) groups is 1. The highest BCUT2D eigenvalue weighted by atomic mass is 19.1. The number of amides is 2. The Morgan fingerprint density at radius 2 is 1.95 bits per heavy atom. The predicted molar refractivity (Wildman–Crippen MR) is 78.0 cm³/mol. The van der Waals surface area contributed by atoms with E-state index in [0.29, 0.717) is 5.69 Å². The van der Waals surface area contributed by atoms with Crippen LogP contribution in [0.5, 0.6) is 0 Å². The van der Waals surface area contributed by atoms with Gasteiger partial charge in [0, 0.05) is 17.8 Å². The highest BCUT2D eigenvalue weighted by Crippen LogP contribution is 2.12. The van der Waals surface area contributed by atoms with Gasteiger partial charge in [-0.3, -0.25) is 0 Å². The molecule has 2 N–H and O–H groups in total. The van der Waals surface area contributed by atoms with Gasteiger partial charge in [0.25, 0.3) is 0 Å². The summed E-state index contributed by atoms with van der Waals surface area (Å²) in [5, 5.41) is 5.15. The SMILES string of the molecule is CCc1cccc(NC(=O)NCc2cc(F)ccc2F)c1. The van der Waals surface area contributed by atoms with Crippen molar-refractivity contribution in [3.05, 3.63) is 65.2 Å². The third-order valence-electron chi connectivity index (χ3n) is 3.04. The highest BCUT2D eigenvalue weighted by molar-refractivity contribution is 5.89. The van der Waals surface area contributed by atoms with Crippen LogP contribution in [0.25, 0.3) is 0 Å². The number of anilines is 1. The summed E-state index contributed by atoms with van der Waals surface area (Å²) in [6.45, 7) is 1.94. The van der Waals surface area contributed by atoms with E-state index >= 15 is 0 Å². The van der Waals surface area contributed by atoms with Crippen LogP contribution in [0.4, 0.5) is 19.3 Å². The summed E-state index contributed by atoms with van der Waals surface area (Å²) in [6, 6.07) is 10.1. The first-order valence-corrected chi connectivity index (χ1v) is 6.66. The number of hydrogen-bond donors (Lipinski definition) is 2. The van der Waals surface area contributed by atoms with Gasteiger partial charge in [0.1, 0.15) is 11.6 Å². The molecule has 2 aromatic rings. The molecule has 3 nitrogen and oxygen atoms in total. The van der Waals surface area contributed by atoms with E-state index in [2.05, 4.69) is 10.6 Å². The number of benzene rings is 2. The summed E-state index contributed by atoms with van der Waals surface area (Å²) in [7, 11) is 0. The van der Waals surface area contributed by atoms with Crippen LogP contribution in [0.3, 0.4) is 0 Å². The normalized spacial score (nSPS) is 10.2. The zero-order chi connectivity index (χ0) is 15.2. The lowest BCUT2D eigenvalue weighted by atomic mass is 10.1. The molecule has 0 radical (unpaired) electrons. The maximum atomic E-state index is 13.4. The Morgan fingerprint density at radius 3 is 2.71 bits per heavy atom. The molecule has 0 atom stereocenters. The fourth-order valence-corrected chi connectivity index (χ4v) is 1.90. The maximum absolute atomic E-state index is 13.4. The fourth-order valence-electron chi connectivity index (χ4n) is 1.90. The van der Waals surface area contributed by atoms with Crippen molar-refractivity contribution in [2.24, 2.45) is 0 Å². The summed E-state index contributed by atoms with van der Waals surface area (Å²) in [6.07, 6.45) is 0.867. The average Bonchev–Trinajstić information content (AvgIpc) is 2.48. The van der Waals surface area contributed by atoms with Crippen molar-refractivity contribution >= 4 is 11.7 Å². The molecule has 5 heteroatoms. The molecule has 21 heavy (non-hydrogen) atoms. The Bertz CT molecular complexity index is 644. The number of rotatable bonds is 4. The molecule has 0 spiro atoms. The minimum Gasteiger partial charge on any atom is -0.334 e. The van der Waals surface area contributed by atoms with Gasteiger partial charge in [-0.25, -0.2) is 13.6 Å². The first-order chi connectivity index (χ1) is 10.1. The van der Waals surface area contributed by atoms with E-state index in [0.717, 1.165) is 30.2 Å². The smallest absolute Gasteiger partial charge is 0.319 e. The molecule has 2 amide bonds. The van der Waals surface area contributed by atoms with Gasteiger partial charge in [0.15, 0.2) is 0 Å². The Kier molecular flexibility index (Phi) is 4.87. The summed E-state index contributed by atoms with van der Waals surface area (Å²) in [5.74, 6) is -1.09. The van der Waals surface area contributed by atoms with Gasteiger partial charge < -0.3 is 10.6 Å². The minimum atomic E-state index is -0.551. The second kappa shape index (κ2) is 6.83. The number of urea groups is 1. The topological polar surface area (TPSA) is 41.1 Å². The van der Waals surface area contributed by atoms with Crippen molar-refractivity contribution in [3.63, 3.8) is 0 Å². The predicted octanol–water partition coefficient (Wildman–Crippen LogP) is 3.85. The van der Waals surface area contributed by atoms with Gasteiger partial charge in [-0.2, -0.15) is 0 Å². The van der Waals surface area contributed by atoms with Crippen LogP contribution in [0.2, 0.25) is 0 Å². The molecule has 0 saturated heterocycles. The molecule has 2 aromatic carbocycles. The number of halogens is 2. The molecule has 0 fully saturated rings. The van der Waals surface area contributed by atoms with Gasteiger partial charge in [-0.1, -0.05) is 19.1 Å². The third kappa shape index (κ3) is 4.27. The number of aryl methyl sites for hydroxylation is 1. The van der Waals surface area contributed by atoms with E-state index in [1.54, 1.807) is 6.07 Å². The number of nitrogens with one attached hydrogen (secondary N) is 2. The lowest BCUT2D eigenvalue weighted by Crippen LogP contribution is -2.28. The molecule has 0 heterocycles. The largest absolute Gasteiger partial charge is 0.334 e. The van der Waals surface area contributed by atoms with E-state index in [1.165, 1.54) is 0 Å². The van der Waals surface area contributed by atoms with Crippen molar-refractivity contribution in [1.29, 1.82) is 0 Å². The molecule has 2 rings (SSSR count). The van der Waals surface area contributed by atoms with Crippen LogP contribution in [0, 0.1) is 11.6 Å². The van der Waals surface area contributed by atoms with Gasteiger partial charge >= 0.3 is 6.03 Å². The first kappa shape index (κ1) is 15.0. The Hall–Kier alpha value is -2.43. The highest BCUT2D eigenvalue weighted by Gasteiger charge is 2.06. The molecule has 0 saturated carbocycles. The van der Waals surface area contributed by atoms with Crippen LogP contribution >= 0.6 is 0 Å². The summed E-state index contributed by atoms with van der Waals surface area (Å²) < 4.78 is 26.4. The van der Waals surface area contributed by atoms with E-state index < -0.39 is 17.7 Å². The van der Waals surface area contributed by atoms with Crippen molar-refractivity contribution < 1.29 is 13.6 Å². The zero-order valence-corrected chi connectivity index (χ0v) is 11.6. The molecule has 0 aromatic heterocycles. The molecule has 110 valence electrons. The molecule has 0 aliphatic rings. The van der Waals surface area contributed by atoms with E-state index in [9.17, 15) is 13.6 Å². The number of hydrogen-bond acceptors (Lipinski definition) is 1. The average molecular weight is 290 g/mol. The minimum absolute atomic E-state index is 0.0805.